The highest BCUT2D eigenvalue weighted by Gasteiger charge is 2.61. The molecule has 140 valence electrons. The minimum atomic E-state index is -1.09. The van der Waals surface area contributed by atoms with E-state index in [0.29, 0.717) is 31.3 Å². The van der Waals surface area contributed by atoms with Crippen molar-refractivity contribution in [3.8, 4) is 11.5 Å². The molecule has 1 N–H and O–H groups in total. The topological polar surface area (TPSA) is 99.8 Å². The van der Waals surface area contributed by atoms with Crippen LogP contribution in [-0.2, 0) is 16.1 Å². The van der Waals surface area contributed by atoms with Crippen LogP contribution in [0.4, 0.5) is 0 Å². The second-order valence-corrected chi connectivity index (χ2v) is 7.07. The van der Waals surface area contributed by atoms with Crippen LogP contribution in [0, 0.1) is 11.3 Å². The Morgan fingerprint density at radius 1 is 1.37 bits per heavy atom. The largest absolute Gasteiger partial charge is 0.481 e. The molecule has 2 fully saturated rings. The normalized spacial score (nSPS) is 25.0. The number of carbonyl (C=O) groups excluding carboxylic acids is 1. The zero-order valence-corrected chi connectivity index (χ0v) is 14.7. The molecule has 1 aromatic carbocycles. The number of likely N-dealkylation sites (tertiary alicyclic amines) is 2. The Kier molecular flexibility index (Phi) is 4.27. The molecule has 0 radical (unpaired) electrons. The summed E-state index contributed by atoms with van der Waals surface area (Å²) in [4.78, 5) is 32.5. The lowest BCUT2D eigenvalue weighted by atomic mass is 9.81. The third kappa shape index (κ3) is 2.91. The van der Waals surface area contributed by atoms with E-state index in [0.717, 1.165) is 5.56 Å². The van der Waals surface area contributed by atoms with Crippen LogP contribution in [0.2, 0.25) is 0 Å². The number of hydrogen-bond donors (Lipinski definition) is 1. The quantitative estimate of drug-likeness (QED) is 0.767. The van der Waals surface area contributed by atoms with Crippen molar-refractivity contribution >= 4 is 11.9 Å². The van der Waals surface area contributed by atoms with Crippen molar-refractivity contribution in [1.82, 2.24) is 19.9 Å². The molecule has 2 aromatic rings. The number of amides is 1. The van der Waals surface area contributed by atoms with E-state index in [1.54, 1.807) is 11.0 Å². The van der Waals surface area contributed by atoms with Gasteiger partial charge in [-0.15, -0.1) is 6.58 Å². The number of carboxylic acids is 1. The Bertz CT molecular complexity index is 881. The fraction of sp³-hybridized carbons (Fsp3) is 0.368. The van der Waals surface area contributed by atoms with E-state index in [-0.39, 0.29) is 19.0 Å². The molecular weight excluding hydrogens is 348 g/mol. The number of aromatic nitrogens is 2. The lowest BCUT2D eigenvalue weighted by Crippen LogP contribution is -2.40. The van der Waals surface area contributed by atoms with Gasteiger partial charge in [0.15, 0.2) is 5.82 Å². The summed E-state index contributed by atoms with van der Waals surface area (Å²) in [5.41, 5.74) is -0.265. The van der Waals surface area contributed by atoms with Crippen LogP contribution < -0.4 is 0 Å². The standard InChI is InChI=1S/C19H20N4O4/c1-2-8-23-12-19(18(25)26)11-22(9-14(19)17(23)24)10-15-20-16(27-21-15)13-6-4-3-5-7-13/h2-7,14H,1,8-12H2,(H,25,26)/t14-,19-/m0/s1. The number of carboxylic acid groups (broad SMARTS) is 1. The van der Waals surface area contributed by atoms with Gasteiger partial charge in [-0.3, -0.25) is 14.5 Å². The molecule has 0 aliphatic carbocycles. The van der Waals surface area contributed by atoms with Gasteiger partial charge in [0.1, 0.15) is 5.41 Å². The first-order valence-corrected chi connectivity index (χ1v) is 8.77. The van der Waals surface area contributed by atoms with Crippen LogP contribution in [-0.4, -0.2) is 63.1 Å². The molecule has 1 aromatic heterocycles. The van der Waals surface area contributed by atoms with Crippen LogP contribution in [0.1, 0.15) is 5.82 Å². The SMILES string of the molecule is C=CCN1C[C@@]2(C(=O)O)CN(Cc3noc(-c4ccccc4)n3)C[C@H]2C1=O. The Morgan fingerprint density at radius 3 is 2.81 bits per heavy atom. The number of aliphatic carboxylic acids is 1. The summed E-state index contributed by atoms with van der Waals surface area (Å²) >= 11 is 0. The Hall–Kier alpha value is -3.00. The molecule has 0 saturated carbocycles. The molecule has 3 heterocycles. The van der Waals surface area contributed by atoms with Crippen molar-refractivity contribution < 1.29 is 19.2 Å². The van der Waals surface area contributed by atoms with Gasteiger partial charge < -0.3 is 14.5 Å². The van der Waals surface area contributed by atoms with Crippen molar-refractivity contribution in [2.24, 2.45) is 11.3 Å². The highest BCUT2D eigenvalue weighted by molar-refractivity contribution is 5.92. The zero-order valence-electron chi connectivity index (χ0n) is 14.7. The number of benzene rings is 1. The highest BCUT2D eigenvalue weighted by atomic mass is 16.5. The second kappa shape index (κ2) is 6.62. The van der Waals surface area contributed by atoms with Crippen molar-refractivity contribution in [2.75, 3.05) is 26.2 Å². The number of nitrogens with zero attached hydrogens (tertiary/aromatic N) is 4. The number of hydrogen-bond acceptors (Lipinski definition) is 6. The predicted octanol–water partition coefficient (Wildman–Crippen LogP) is 1.27. The van der Waals surface area contributed by atoms with Crippen LogP contribution in [0.3, 0.4) is 0 Å². The molecule has 27 heavy (non-hydrogen) atoms. The maximum atomic E-state index is 12.6. The van der Waals surface area contributed by atoms with Crippen molar-refractivity contribution in [2.45, 2.75) is 6.54 Å². The van der Waals surface area contributed by atoms with Crippen molar-refractivity contribution in [1.29, 1.82) is 0 Å². The lowest BCUT2D eigenvalue weighted by molar-refractivity contribution is -0.149. The molecular formula is C19H20N4O4. The van der Waals surface area contributed by atoms with Crippen molar-refractivity contribution in [3.63, 3.8) is 0 Å². The van der Waals surface area contributed by atoms with E-state index in [1.807, 2.05) is 35.2 Å². The van der Waals surface area contributed by atoms with Crippen LogP contribution in [0.15, 0.2) is 47.5 Å². The van der Waals surface area contributed by atoms with E-state index in [9.17, 15) is 14.7 Å². The lowest BCUT2D eigenvalue weighted by Gasteiger charge is -2.24. The first kappa shape index (κ1) is 17.4. The van der Waals surface area contributed by atoms with E-state index in [4.69, 9.17) is 4.52 Å². The third-order valence-corrected chi connectivity index (χ3v) is 5.33. The summed E-state index contributed by atoms with van der Waals surface area (Å²) < 4.78 is 5.31. The molecule has 0 unspecified atom stereocenters. The summed E-state index contributed by atoms with van der Waals surface area (Å²) in [7, 11) is 0. The summed E-state index contributed by atoms with van der Waals surface area (Å²) in [5.74, 6) is -0.725. The van der Waals surface area contributed by atoms with Crippen LogP contribution in [0.5, 0.6) is 0 Å². The number of carbonyl (C=O) groups is 2. The summed E-state index contributed by atoms with van der Waals surface area (Å²) in [6.45, 7) is 5.21. The van der Waals surface area contributed by atoms with Crippen LogP contribution in [0.25, 0.3) is 11.5 Å². The fourth-order valence-electron chi connectivity index (χ4n) is 4.05. The minimum Gasteiger partial charge on any atom is -0.481 e. The van der Waals surface area contributed by atoms with E-state index in [2.05, 4.69) is 16.7 Å². The first-order valence-electron chi connectivity index (χ1n) is 8.77. The summed E-state index contributed by atoms with van der Waals surface area (Å²) in [6, 6.07) is 9.44. The smallest absolute Gasteiger partial charge is 0.313 e. The highest BCUT2D eigenvalue weighted by Crippen LogP contribution is 2.44. The van der Waals surface area contributed by atoms with Gasteiger partial charge in [-0.2, -0.15) is 4.98 Å². The molecule has 0 spiro atoms. The molecule has 2 atom stereocenters. The molecule has 2 saturated heterocycles. The molecule has 4 rings (SSSR count). The second-order valence-electron chi connectivity index (χ2n) is 7.07. The first-order chi connectivity index (χ1) is 13.0. The molecule has 2 aliphatic rings. The average Bonchev–Trinajstić information content (AvgIpc) is 3.33. The molecule has 2 aliphatic heterocycles. The Balaban J connectivity index is 1.50. The van der Waals surface area contributed by atoms with Gasteiger partial charge in [-0.25, -0.2) is 0 Å². The maximum Gasteiger partial charge on any atom is 0.313 e. The van der Waals surface area contributed by atoms with Gasteiger partial charge in [0, 0.05) is 31.7 Å². The third-order valence-electron chi connectivity index (χ3n) is 5.33. The van der Waals surface area contributed by atoms with Gasteiger partial charge in [0.05, 0.1) is 12.5 Å². The maximum absolute atomic E-state index is 12.6. The van der Waals surface area contributed by atoms with Gasteiger partial charge in [-0.05, 0) is 12.1 Å². The van der Waals surface area contributed by atoms with Gasteiger partial charge in [-0.1, -0.05) is 29.4 Å². The fourth-order valence-corrected chi connectivity index (χ4v) is 4.05. The van der Waals surface area contributed by atoms with E-state index < -0.39 is 17.3 Å². The predicted molar refractivity (Wildman–Crippen MR) is 95.3 cm³/mol. The van der Waals surface area contributed by atoms with Gasteiger partial charge >= 0.3 is 5.97 Å². The van der Waals surface area contributed by atoms with Gasteiger partial charge in [0.25, 0.3) is 5.89 Å². The van der Waals surface area contributed by atoms with E-state index >= 15 is 0 Å². The number of fused-ring (bicyclic) bond motifs is 1. The summed E-state index contributed by atoms with van der Waals surface area (Å²) in [6.07, 6.45) is 1.62. The number of rotatable bonds is 6. The molecule has 0 bridgehead atoms. The zero-order chi connectivity index (χ0) is 19.0. The average molecular weight is 368 g/mol. The molecule has 1 amide bonds. The van der Waals surface area contributed by atoms with Gasteiger partial charge in [0.2, 0.25) is 5.91 Å². The Morgan fingerprint density at radius 2 is 2.15 bits per heavy atom. The van der Waals surface area contributed by atoms with Crippen LogP contribution >= 0.6 is 0 Å². The molecule has 8 nitrogen and oxygen atoms in total. The monoisotopic (exact) mass is 368 g/mol. The minimum absolute atomic E-state index is 0.127. The summed E-state index contributed by atoms with van der Waals surface area (Å²) in [5, 5.41) is 13.8. The van der Waals surface area contributed by atoms with E-state index in [1.165, 1.54) is 0 Å². The molecule has 8 heteroatoms. The van der Waals surface area contributed by atoms with Crippen molar-refractivity contribution in [3.05, 3.63) is 48.8 Å². The Labute approximate surface area is 156 Å².